The van der Waals surface area contributed by atoms with E-state index in [1.54, 1.807) is 6.07 Å². The molecule has 156 valence electrons. The summed E-state index contributed by atoms with van der Waals surface area (Å²) in [6.07, 6.45) is 1.57. The number of carbonyl (C=O) groups excluding carboxylic acids is 4. The second kappa shape index (κ2) is 8.90. The van der Waals surface area contributed by atoms with E-state index in [1.165, 1.54) is 23.1 Å². The number of anilines is 1. The number of amides is 3. The zero-order valence-corrected chi connectivity index (χ0v) is 17.3. The Morgan fingerprint density at radius 2 is 1.73 bits per heavy atom. The first-order valence-corrected chi connectivity index (χ1v) is 9.86. The van der Waals surface area contributed by atoms with Crippen molar-refractivity contribution in [1.82, 2.24) is 4.90 Å². The quantitative estimate of drug-likeness (QED) is 0.559. The molecular formula is C23H24N2O5. The highest BCUT2D eigenvalue weighted by molar-refractivity contribution is 6.22. The molecule has 0 saturated heterocycles. The van der Waals surface area contributed by atoms with Gasteiger partial charge < -0.3 is 10.1 Å². The van der Waals surface area contributed by atoms with E-state index in [-0.39, 0.29) is 22.6 Å². The number of fused-ring (bicyclic) bond motifs is 1. The van der Waals surface area contributed by atoms with Gasteiger partial charge in [-0.25, -0.2) is 4.79 Å². The number of esters is 1. The fraction of sp³-hybridized carbons (Fsp3) is 0.304. The molecule has 3 amide bonds. The normalized spacial score (nSPS) is 12.7. The van der Waals surface area contributed by atoms with Crippen LogP contribution >= 0.6 is 0 Å². The van der Waals surface area contributed by atoms with Gasteiger partial charge in [0.05, 0.1) is 16.7 Å². The predicted octanol–water partition coefficient (Wildman–Crippen LogP) is 3.50. The summed E-state index contributed by atoms with van der Waals surface area (Å²) in [6, 6.07) is 9.84. The van der Waals surface area contributed by atoms with Crippen molar-refractivity contribution in [2.75, 3.05) is 18.5 Å². The number of hydrogen-bond acceptors (Lipinski definition) is 5. The van der Waals surface area contributed by atoms with Gasteiger partial charge in [-0.05, 0) is 50.1 Å². The van der Waals surface area contributed by atoms with E-state index in [1.807, 2.05) is 32.9 Å². The Hall–Kier alpha value is -3.48. The van der Waals surface area contributed by atoms with Crippen LogP contribution < -0.4 is 5.32 Å². The van der Waals surface area contributed by atoms with Crippen LogP contribution in [0, 0.1) is 13.8 Å². The Morgan fingerprint density at radius 1 is 1.00 bits per heavy atom. The van der Waals surface area contributed by atoms with Gasteiger partial charge in [0.15, 0.2) is 6.61 Å². The van der Waals surface area contributed by atoms with E-state index in [0.717, 1.165) is 24.0 Å². The smallest absolute Gasteiger partial charge is 0.338 e. The summed E-state index contributed by atoms with van der Waals surface area (Å²) in [5.41, 5.74) is 3.21. The minimum Gasteiger partial charge on any atom is -0.452 e. The van der Waals surface area contributed by atoms with Crippen LogP contribution in [0.15, 0.2) is 36.4 Å². The Bertz CT molecular complexity index is 1030. The summed E-state index contributed by atoms with van der Waals surface area (Å²) in [5, 5.41) is 2.70. The maximum atomic E-state index is 12.5. The first kappa shape index (κ1) is 21.2. The van der Waals surface area contributed by atoms with E-state index in [0.29, 0.717) is 12.2 Å². The largest absolute Gasteiger partial charge is 0.452 e. The number of rotatable bonds is 7. The molecule has 0 atom stereocenters. The molecular weight excluding hydrogens is 384 g/mol. The lowest BCUT2D eigenvalue weighted by Crippen LogP contribution is -2.30. The number of carbonyl (C=O) groups is 4. The van der Waals surface area contributed by atoms with Gasteiger partial charge in [-0.15, -0.1) is 0 Å². The van der Waals surface area contributed by atoms with Crippen LogP contribution in [0.5, 0.6) is 0 Å². The fourth-order valence-electron chi connectivity index (χ4n) is 3.29. The molecule has 1 aliphatic rings. The monoisotopic (exact) mass is 408 g/mol. The number of nitrogens with zero attached hydrogens (tertiary/aromatic N) is 1. The standard InChI is InChI=1S/C23H24N2O5/c1-4-5-10-25-21(27)17-8-7-16(12-18(17)22(25)28)23(29)30-13-20(26)24-19-9-6-14(2)11-15(19)3/h6-9,11-12H,4-5,10,13H2,1-3H3,(H,24,26). The van der Waals surface area contributed by atoms with Gasteiger partial charge in [0, 0.05) is 12.2 Å². The second-order valence-electron chi connectivity index (χ2n) is 7.32. The van der Waals surface area contributed by atoms with Crippen molar-refractivity contribution in [2.24, 2.45) is 0 Å². The van der Waals surface area contributed by atoms with Gasteiger partial charge in [-0.3, -0.25) is 19.3 Å². The van der Waals surface area contributed by atoms with Crippen molar-refractivity contribution >= 4 is 29.4 Å². The Balaban J connectivity index is 1.63. The number of imide groups is 1. The molecule has 2 aromatic rings. The Kier molecular flexibility index (Phi) is 6.30. The molecule has 7 heteroatoms. The SMILES string of the molecule is CCCCN1C(=O)c2ccc(C(=O)OCC(=O)Nc3ccc(C)cc3C)cc2C1=O. The lowest BCUT2D eigenvalue weighted by Gasteiger charge is -2.12. The zero-order chi connectivity index (χ0) is 21.8. The molecule has 0 unspecified atom stereocenters. The number of ether oxygens (including phenoxy) is 1. The first-order valence-electron chi connectivity index (χ1n) is 9.86. The molecule has 0 bridgehead atoms. The van der Waals surface area contributed by atoms with E-state index < -0.39 is 24.4 Å². The average Bonchev–Trinajstić information content (AvgIpc) is 2.96. The number of benzene rings is 2. The zero-order valence-electron chi connectivity index (χ0n) is 17.3. The highest BCUT2D eigenvalue weighted by atomic mass is 16.5. The summed E-state index contributed by atoms with van der Waals surface area (Å²) < 4.78 is 5.08. The first-order chi connectivity index (χ1) is 14.3. The van der Waals surface area contributed by atoms with E-state index >= 15 is 0 Å². The van der Waals surface area contributed by atoms with Crippen LogP contribution in [0.4, 0.5) is 5.69 Å². The molecule has 1 aliphatic heterocycles. The Labute approximate surface area is 175 Å². The van der Waals surface area contributed by atoms with Crippen molar-refractivity contribution in [1.29, 1.82) is 0 Å². The summed E-state index contributed by atoms with van der Waals surface area (Å²) in [5.74, 6) is -1.96. The highest BCUT2D eigenvalue weighted by Crippen LogP contribution is 2.25. The van der Waals surface area contributed by atoms with Crippen LogP contribution in [0.25, 0.3) is 0 Å². The van der Waals surface area contributed by atoms with Crippen LogP contribution in [-0.2, 0) is 9.53 Å². The van der Waals surface area contributed by atoms with Gasteiger partial charge in [-0.1, -0.05) is 31.0 Å². The van der Waals surface area contributed by atoms with Gasteiger partial charge in [0.1, 0.15) is 0 Å². The summed E-state index contributed by atoms with van der Waals surface area (Å²) in [7, 11) is 0. The van der Waals surface area contributed by atoms with Crippen LogP contribution in [0.2, 0.25) is 0 Å². The molecule has 7 nitrogen and oxygen atoms in total. The van der Waals surface area contributed by atoms with Gasteiger partial charge >= 0.3 is 5.97 Å². The molecule has 0 aromatic heterocycles. The third kappa shape index (κ3) is 4.40. The van der Waals surface area contributed by atoms with Crippen molar-refractivity contribution in [3.8, 4) is 0 Å². The molecule has 1 N–H and O–H groups in total. The lowest BCUT2D eigenvalue weighted by atomic mass is 10.1. The van der Waals surface area contributed by atoms with Crippen molar-refractivity contribution in [3.63, 3.8) is 0 Å². The van der Waals surface area contributed by atoms with Crippen molar-refractivity contribution in [3.05, 3.63) is 64.2 Å². The molecule has 1 heterocycles. The molecule has 0 aliphatic carbocycles. The molecule has 3 rings (SSSR count). The van der Waals surface area contributed by atoms with Crippen molar-refractivity contribution < 1.29 is 23.9 Å². The van der Waals surface area contributed by atoms with E-state index in [9.17, 15) is 19.2 Å². The van der Waals surface area contributed by atoms with Crippen molar-refractivity contribution in [2.45, 2.75) is 33.6 Å². The third-order valence-electron chi connectivity index (χ3n) is 4.93. The number of nitrogens with one attached hydrogen (secondary N) is 1. The summed E-state index contributed by atoms with van der Waals surface area (Å²) in [4.78, 5) is 50.5. The molecule has 30 heavy (non-hydrogen) atoms. The summed E-state index contributed by atoms with van der Waals surface area (Å²) >= 11 is 0. The highest BCUT2D eigenvalue weighted by Gasteiger charge is 2.35. The molecule has 0 spiro atoms. The maximum absolute atomic E-state index is 12.5. The fourth-order valence-corrected chi connectivity index (χ4v) is 3.29. The van der Waals surface area contributed by atoms with E-state index in [4.69, 9.17) is 4.74 Å². The van der Waals surface area contributed by atoms with Gasteiger partial charge in [0.2, 0.25) is 0 Å². The van der Waals surface area contributed by atoms with Crippen LogP contribution in [0.1, 0.15) is 62.0 Å². The van der Waals surface area contributed by atoms with Crippen LogP contribution in [0.3, 0.4) is 0 Å². The maximum Gasteiger partial charge on any atom is 0.338 e. The van der Waals surface area contributed by atoms with E-state index in [2.05, 4.69) is 5.32 Å². The molecule has 0 saturated carbocycles. The Morgan fingerprint density at radius 3 is 2.43 bits per heavy atom. The molecule has 2 aromatic carbocycles. The average molecular weight is 408 g/mol. The predicted molar refractivity (Wildman–Crippen MR) is 112 cm³/mol. The lowest BCUT2D eigenvalue weighted by molar-refractivity contribution is -0.119. The topological polar surface area (TPSA) is 92.8 Å². The third-order valence-corrected chi connectivity index (χ3v) is 4.93. The number of hydrogen-bond donors (Lipinski definition) is 1. The minimum absolute atomic E-state index is 0.117. The summed E-state index contributed by atoms with van der Waals surface area (Å²) in [6.45, 7) is 5.70. The van der Waals surface area contributed by atoms with Crippen LogP contribution in [-0.4, -0.2) is 41.7 Å². The number of aryl methyl sites for hydroxylation is 2. The minimum atomic E-state index is -0.735. The van der Waals surface area contributed by atoms with Gasteiger partial charge in [0.25, 0.3) is 17.7 Å². The number of unbranched alkanes of at least 4 members (excludes halogenated alkanes) is 1. The molecule has 0 radical (unpaired) electrons. The second-order valence-corrected chi connectivity index (χ2v) is 7.32. The molecule has 0 fully saturated rings. The van der Waals surface area contributed by atoms with Gasteiger partial charge in [-0.2, -0.15) is 0 Å².